The van der Waals surface area contributed by atoms with Crippen molar-refractivity contribution in [3.05, 3.63) is 18.2 Å². The molecule has 38 heteroatoms. The minimum Gasteiger partial charge on any atom is -0.480 e. The van der Waals surface area contributed by atoms with Gasteiger partial charge in [0.15, 0.2) is 0 Å². The summed E-state index contributed by atoms with van der Waals surface area (Å²) in [6.07, 6.45) is -0.272. The normalized spacial score (nSPS) is 21.0. The number of aromatic nitrogens is 2. The van der Waals surface area contributed by atoms with Crippen LogP contribution < -0.4 is 65.1 Å². The highest BCUT2D eigenvalue weighted by Crippen LogP contribution is 2.26. The van der Waals surface area contributed by atoms with Crippen LogP contribution in [0.2, 0.25) is 0 Å². The minimum absolute atomic E-state index is 0.00179. The number of H-pyrrole nitrogens is 1. The van der Waals surface area contributed by atoms with E-state index in [1.54, 1.807) is 55.4 Å². The highest BCUT2D eigenvalue weighted by molar-refractivity contribution is 6.02. The Bertz CT molecular complexity index is 3320. The average Bonchev–Trinajstić information content (AvgIpc) is 1.61. The lowest BCUT2D eigenvalue weighted by atomic mass is 9.96. The second-order valence-corrected chi connectivity index (χ2v) is 29.1. The molecule has 1 aromatic rings. The Hall–Kier alpha value is -9.43. The lowest BCUT2D eigenvalue weighted by molar-refractivity contribution is -0.147. The first kappa shape index (κ1) is 87.2. The molecule has 17 atom stereocenters. The van der Waals surface area contributed by atoms with Crippen LogP contribution in [-0.2, 0) is 83.1 Å². The van der Waals surface area contributed by atoms with Crippen molar-refractivity contribution in [3.8, 4) is 0 Å². The van der Waals surface area contributed by atoms with Gasteiger partial charge in [-0.05, 0) is 102 Å². The van der Waals surface area contributed by atoms with Gasteiger partial charge in [-0.3, -0.25) is 71.9 Å². The monoisotopic (exact) mass is 1500 g/mol. The SMILES string of the molecule is CC[C@H](C)[C@H](NC(=O)[C@@H](N)Cc1cnc[nH]1)C(=O)N[C@H](C(=O)N[C@H](C(=O)N1CCC[C@H]1C(=O)N[C@@H](CC(N)=O)C(=O)N1CCC[C@H]1C(=O)N[C@@H](CC(C)C)C(=O)N[C@H](C(=O)N1CCC[C@H]1C(=O)N[C@@H](CC(N)=O)C(=O)N1CCC[C@H]1C(=O)N[C@@H](CO)C(=O)N[C@@H](CC(C)C)C(=O)O)[C@@H](C)O)C(C)C)[C@@H](C)O. The highest BCUT2D eigenvalue weighted by Gasteiger charge is 2.47. The molecule has 106 heavy (non-hydrogen) atoms. The third kappa shape index (κ3) is 24.0. The molecule has 4 fully saturated rings. The molecule has 0 spiro atoms. The molecule has 0 radical (unpaired) electrons. The second-order valence-electron chi connectivity index (χ2n) is 29.1. The summed E-state index contributed by atoms with van der Waals surface area (Å²) in [7, 11) is 0. The lowest BCUT2D eigenvalue weighted by Gasteiger charge is -2.34. The van der Waals surface area contributed by atoms with Crippen LogP contribution in [0, 0.1) is 23.7 Å². The van der Waals surface area contributed by atoms with Crippen LogP contribution in [0.4, 0.5) is 0 Å². The number of aliphatic hydroxyl groups excluding tert-OH is 3. The minimum atomic E-state index is -1.76. The van der Waals surface area contributed by atoms with Gasteiger partial charge in [0.05, 0.1) is 44.0 Å². The molecule has 4 aliphatic rings. The fourth-order valence-corrected chi connectivity index (χ4v) is 13.4. The molecule has 0 unspecified atom stereocenters. The summed E-state index contributed by atoms with van der Waals surface area (Å²) in [5.74, 6) is -16.6. The number of carboxylic acid groups (broad SMARTS) is 1. The first-order valence-electron chi connectivity index (χ1n) is 36.3. The van der Waals surface area contributed by atoms with Crippen LogP contribution in [0.5, 0.6) is 0 Å². The number of aliphatic carboxylic acids is 1. The summed E-state index contributed by atoms with van der Waals surface area (Å²) in [6, 6.07) is -20.1. The summed E-state index contributed by atoms with van der Waals surface area (Å²) in [5, 5.41) is 64.3. The molecule has 0 aliphatic carbocycles. The van der Waals surface area contributed by atoms with Crippen molar-refractivity contribution in [1.29, 1.82) is 0 Å². The number of nitrogens with two attached hydrogens (primary N) is 3. The van der Waals surface area contributed by atoms with E-state index in [2.05, 4.69) is 57.8 Å². The number of hydrogen-bond donors (Lipinski definition) is 17. The number of aromatic amines is 1. The van der Waals surface area contributed by atoms with Crippen LogP contribution in [0.3, 0.4) is 0 Å². The van der Waals surface area contributed by atoms with E-state index in [9.17, 15) is 97.1 Å². The molecule has 4 aliphatic heterocycles. The molecular formula is C68H110N18O20. The molecule has 20 N–H and O–H groups in total. The standard InChI is InChI=1S/C68H110N18O20/c1-11-35(8)52(80-55(92)39(69)26-38-29-72-31-73-38)62(99)81-53(36(9)88)63(100)79-51(34(6)7)66(103)85-22-14-18-47(85)59(96)75-41(27-49(70)90)64(101)83-20-12-16-45(83)58(95)74-40(24-32(2)3)56(93)82-54(37(10)89)67(104)86-23-15-19-48(86)60(97)76-42(28-50(71)91)65(102)84-21-13-17-46(84)61(98)78-44(30-87)57(94)77-43(68(105)106)25-33(4)5/h29,31-37,39-48,51-54,87-89H,11-28,30,69H2,1-10H3,(H2,70,90)(H2,71,91)(H,72,73)(H,74,95)(H,75,96)(H,76,97)(H,77,94)(H,78,98)(H,79,100)(H,80,92)(H,81,99)(H,82,93)(H,105,106)/t35-,36+,37+,39-,40-,41-,42-,43-,44-,45-,46-,47-,48-,51-,52-,53-,54-/m0/s1. The van der Waals surface area contributed by atoms with E-state index in [4.69, 9.17) is 17.2 Å². The molecular weight excluding hydrogens is 1390 g/mol. The number of hydrogen-bond acceptors (Lipinski definition) is 21. The number of amides is 15. The second kappa shape index (κ2) is 40.3. The van der Waals surface area contributed by atoms with E-state index in [-0.39, 0.29) is 109 Å². The molecule has 592 valence electrons. The zero-order chi connectivity index (χ0) is 79.3. The molecule has 0 saturated carbocycles. The van der Waals surface area contributed by atoms with Crippen molar-refractivity contribution < 1.29 is 97.1 Å². The Morgan fingerprint density at radius 1 is 0.481 bits per heavy atom. The van der Waals surface area contributed by atoms with Crippen LogP contribution >= 0.6 is 0 Å². The number of likely N-dealkylation sites (tertiary alicyclic amines) is 4. The predicted molar refractivity (Wildman–Crippen MR) is 375 cm³/mol. The lowest BCUT2D eigenvalue weighted by Crippen LogP contribution is -2.63. The zero-order valence-corrected chi connectivity index (χ0v) is 61.9. The highest BCUT2D eigenvalue weighted by atomic mass is 16.4. The Labute approximate surface area is 614 Å². The van der Waals surface area contributed by atoms with Crippen LogP contribution in [0.15, 0.2) is 12.5 Å². The van der Waals surface area contributed by atoms with Gasteiger partial charge >= 0.3 is 5.97 Å². The van der Waals surface area contributed by atoms with E-state index in [0.717, 1.165) is 14.7 Å². The number of aliphatic hydroxyl groups is 3. The molecule has 1 aromatic heterocycles. The van der Waals surface area contributed by atoms with Gasteiger partial charge in [-0.2, -0.15) is 0 Å². The van der Waals surface area contributed by atoms with Crippen molar-refractivity contribution in [2.24, 2.45) is 40.9 Å². The average molecular weight is 1500 g/mol. The van der Waals surface area contributed by atoms with Gasteiger partial charge < -0.3 is 110 Å². The Morgan fingerprint density at radius 3 is 1.23 bits per heavy atom. The van der Waals surface area contributed by atoms with E-state index < -0.39 is 223 Å². The molecule has 0 aromatic carbocycles. The maximum absolute atomic E-state index is 14.6. The van der Waals surface area contributed by atoms with E-state index in [1.165, 1.54) is 31.3 Å². The van der Waals surface area contributed by atoms with Crippen molar-refractivity contribution in [2.45, 2.75) is 256 Å². The fraction of sp³-hybridized carbons (Fsp3) is 0.721. The Morgan fingerprint density at radius 2 is 0.849 bits per heavy atom. The maximum Gasteiger partial charge on any atom is 0.326 e. The summed E-state index contributed by atoms with van der Waals surface area (Å²) in [6.45, 7) is 14.8. The third-order valence-corrected chi connectivity index (χ3v) is 19.3. The van der Waals surface area contributed by atoms with Gasteiger partial charge in [0.25, 0.3) is 0 Å². The van der Waals surface area contributed by atoms with Crippen LogP contribution in [0.1, 0.15) is 158 Å². The van der Waals surface area contributed by atoms with Crippen molar-refractivity contribution in [3.63, 3.8) is 0 Å². The fourth-order valence-electron chi connectivity index (χ4n) is 13.4. The Balaban J connectivity index is 1.25. The maximum atomic E-state index is 14.6. The van der Waals surface area contributed by atoms with Gasteiger partial charge in [0.1, 0.15) is 78.5 Å². The number of imidazole rings is 1. The topological polar surface area (TPSA) is 582 Å². The Kier molecular flexibility index (Phi) is 33.2. The number of primary amides is 2. The quantitative estimate of drug-likeness (QED) is 0.0292. The number of nitrogens with zero attached hydrogens (tertiary/aromatic N) is 5. The first-order chi connectivity index (χ1) is 49.8. The third-order valence-electron chi connectivity index (χ3n) is 19.3. The first-order valence-corrected chi connectivity index (χ1v) is 36.3. The molecule has 0 bridgehead atoms. The molecule has 4 saturated heterocycles. The van der Waals surface area contributed by atoms with Gasteiger partial charge in [0.2, 0.25) is 88.6 Å². The van der Waals surface area contributed by atoms with E-state index in [0.29, 0.717) is 12.1 Å². The zero-order valence-electron chi connectivity index (χ0n) is 61.9. The number of carbonyl (C=O) groups is 16. The molecule has 15 amide bonds. The van der Waals surface area contributed by atoms with Gasteiger partial charge in [-0.1, -0.05) is 61.8 Å². The summed E-state index contributed by atoms with van der Waals surface area (Å²) in [5.41, 5.74) is 17.9. The van der Waals surface area contributed by atoms with Crippen LogP contribution in [0.25, 0.3) is 0 Å². The molecule has 5 rings (SSSR count). The van der Waals surface area contributed by atoms with E-state index in [1.807, 2.05) is 0 Å². The van der Waals surface area contributed by atoms with Crippen molar-refractivity contribution in [1.82, 2.24) is 77.4 Å². The van der Waals surface area contributed by atoms with Gasteiger partial charge in [-0.25, -0.2) is 9.78 Å². The number of carbonyl (C=O) groups excluding carboxylic acids is 15. The summed E-state index contributed by atoms with van der Waals surface area (Å²) >= 11 is 0. The summed E-state index contributed by atoms with van der Waals surface area (Å²) < 4.78 is 0. The van der Waals surface area contributed by atoms with Crippen LogP contribution in [-0.4, -0.2) is 274 Å². The molecule has 5 heterocycles. The number of carboxylic acids is 1. The number of nitrogens with one attached hydrogen (secondary N) is 10. The van der Waals surface area contributed by atoms with Gasteiger partial charge in [0, 0.05) is 44.5 Å². The predicted octanol–water partition coefficient (Wildman–Crippen LogP) is -6.01. The van der Waals surface area contributed by atoms with Crippen molar-refractivity contribution >= 4 is 94.6 Å². The molecule has 38 nitrogen and oxygen atoms in total. The van der Waals surface area contributed by atoms with E-state index >= 15 is 0 Å². The van der Waals surface area contributed by atoms with Crippen molar-refractivity contribution in [2.75, 3.05) is 32.8 Å². The van der Waals surface area contributed by atoms with Gasteiger partial charge in [-0.15, -0.1) is 0 Å². The largest absolute Gasteiger partial charge is 0.480 e. The summed E-state index contributed by atoms with van der Waals surface area (Å²) in [4.78, 5) is 231. The smallest absolute Gasteiger partial charge is 0.326 e. The number of rotatable bonds is 39.